The zero-order valence-electron chi connectivity index (χ0n) is 11.4. The molecule has 1 heterocycles. The fourth-order valence-corrected chi connectivity index (χ4v) is 3.56. The number of hydrazine groups is 1. The van der Waals surface area contributed by atoms with E-state index in [9.17, 15) is 0 Å². The van der Waals surface area contributed by atoms with Crippen molar-refractivity contribution in [3.05, 3.63) is 44.6 Å². The van der Waals surface area contributed by atoms with E-state index >= 15 is 0 Å². The van der Waals surface area contributed by atoms with Crippen LogP contribution in [0.5, 0.6) is 11.5 Å². The number of nitrogens with two attached hydrogens (primary N) is 1. The average Bonchev–Trinajstić information content (AvgIpc) is 2.89. The molecule has 1 unspecified atom stereocenters. The minimum atomic E-state index is -0.0126. The van der Waals surface area contributed by atoms with Gasteiger partial charge in [-0.25, -0.2) is 0 Å². The Morgan fingerprint density at radius 2 is 2.05 bits per heavy atom. The summed E-state index contributed by atoms with van der Waals surface area (Å²) in [7, 11) is 3.28. The van der Waals surface area contributed by atoms with Crippen LogP contribution < -0.4 is 20.7 Å². The van der Waals surface area contributed by atoms with E-state index < -0.39 is 0 Å². The fraction of sp³-hybridized carbons (Fsp3) is 0.286. The lowest BCUT2D eigenvalue weighted by Gasteiger charge is -2.19. The summed E-state index contributed by atoms with van der Waals surface area (Å²) in [5, 5.41) is 0. The van der Waals surface area contributed by atoms with Gasteiger partial charge in [-0.3, -0.25) is 11.3 Å². The third-order valence-electron chi connectivity index (χ3n) is 3.05. The van der Waals surface area contributed by atoms with Crippen LogP contribution in [0.15, 0.2) is 34.1 Å². The van der Waals surface area contributed by atoms with Crippen molar-refractivity contribution in [3.8, 4) is 11.5 Å². The first kappa shape index (κ1) is 15.3. The van der Waals surface area contributed by atoms with E-state index in [2.05, 4.69) is 27.4 Å². The van der Waals surface area contributed by atoms with Crippen LogP contribution >= 0.6 is 27.3 Å². The van der Waals surface area contributed by atoms with Crippen LogP contribution in [0.2, 0.25) is 0 Å². The second-order valence-electron chi connectivity index (χ2n) is 4.24. The molecule has 2 rings (SSSR count). The van der Waals surface area contributed by atoms with Crippen molar-refractivity contribution in [1.82, 2.24) is 5.43 Å². The van der Waals surface area contributed by atoms with Crippen molar-refractivity contribution in [1.29, 1.82) is 0 Å². The maximum Gasteiger partial charge on any atom is 0.127 e. The molecule has 0 aliphatic rings. The van der Waals surface area contributed by atoms with Crippen molar-refractivity contribution in [3.63, 3.8) is 0 Å². The van der Waals surface area contributed by atoms with Crippen LogP contribution in [0.25, 0.3) is 0 Å². The van der Waals surface area contributed by atoms with Gasteiger partial charge in [-0.1, -0.05) is 6.07 Å². The highest BCUT2D eigenvalue weighted by atomic mass is 79.9. The van der Waals surface area contributed by atoms with Crippen LogP contribution in [0.1, 0.15) is 16.5 Å². The van der Waals surface area contributed by atoms with Crippen LogP contribution in [0.4, 0.5) is 0 Å². The van der Waals surface area contributed by atoms with Crippen LogP contribution in [-0.4, -0.2) is 14.2 Å². The van der Waals surface area contributed by atoms with Crippen LogP contribution in [0.3, 0.4) is 0 Å². The predicted molar refractivity (Wildman–Crippen MR) is 85.3 cm³/mol. The van der Waals surface area contributed by atoms with Gasteiger partial charge in [0.2, 0.25) is 0 Å². The normalized spacial score (nSPS) is 12.2. The number of benzene rings is 1. The van der Waals surface area contributed by atoms with E-state index in [0.29, 0.717) is 0 Å². The molecule has 6 heteroatoms. The molecule has 0 spiro atoms. The standard InChI is InChI=1S/C14H17BrN2O2S/c1-18-9-3-5-11(13(7-9)19-2)12(17-16)8-10-4-6-14(15)20-10/h3-7,12,17H,8,16H2,1-2H3. The SMILES string of the molecule is COc1ccc(C(Cc2ccc(Br)s2)NN)c(OC)c1. The summed E-state index contributed by atoms with van der Waals surface area (Å²) in [6.07, 6.45) is 0.801. The van der Waals surface area contributed by atoms with Gasteiger partial charge in [0.25, 0.3) is 0 Å². The number of thiophene rings is 1. The monoisotopic (exact) mass is 356 g/mol. The number of nitrogens with one attached hydrogen (secondary N) is 1. The number of ether oxygens (including phenoxy) is 2. The Kier molecular flexibility index (Phi) is 5.42. The average molecular weight is 357 g/mol. The lowest BCUT2D eigenvalue weighted by molar-refractivity contribution is 0.384. The lowest BCUT2D eigenvalue weighted by Crippen LogP contribution is -2.29. The molecule has 2 aromatic rings. The first-order chi connectivity index (χ1) is 9.67. The topological polar surface area (TPSA) is 56.5 Å². The van der Waals surface area contributed by atoms with Gasteiger partial charge < -0.3 is 9.47 Å². The fourth-order valence-electron chi connectivity index (χ4n) is 2.03. The second kappa shape index (κ2) is 7.08. The van der Waals surface area contributed by atoms with Crippen LogP contribution in [-0.2, 0) is 6.42 Å². The predicted octanol–water partition coefficient (Wildman–Crippen LogP) is 3.27. The molecule has 0 amide bonds. The Hall–Kier alpha value is -1.08. The molecule has 1 aromatic carbocycles. The first-order valence-electron chi connectivity index (χ1n) is 6.10. The van der Waals surface area contributed by atoms with Gasteiger partial charge >= 0.3 is 0 Å². The molecule has 3 N–H and O–H groups in total. The van der Waals surface area contributed by atoms with E-state index in [1.807, 2.05) is 24.3 Å². The molecule has 0 aliphatic carbocycles. The van der Waals surface area contributed by atoms with Crippen molar-refractivity contribution < 1.29 is 9.47 Å². The van der Waals surface area contributed by atoms with Crippen molar-refractivity contribution in [2.75, 3.05) is 14.2 Å². The molecule has 1 aromatic heterocycles. The van der Waals surface area contributed by atoms with Gasteiger partial charge in [-0.15, -0.1) is 11.3 Å². The Morgan fingerprint density at radius 3 is 2.60 bits per heavy atom. The molecule has 20 heavy (non-hydrogen) atoms. The molecule has 0 aliphatic heterocycles. The Balaban J connectivity index is 2.26. The summed E-state index contributed by atoms with van der Waals surface area (Å²) in [4.78, 5) is 1.25. The molecular weight excluding hydrogens is 340 g/mol. The van der Waals surface area contributed by atoms with Crippen molar-refractivity contribution in [2.24, 2.45) is 5.84 Å². The zero-order valence-corrected chi connectivity index (χ0v) is 13.8. The van der Waals surface area contributed by atoms with Gasteiger partial charge in [0.15, 0.2) is 0 Å². The van der Waals surface area contributed by atoms with E-state index in [4.69, 9.17) is 15.3 Å². The quantitative estimate of drug-likeness (QED) is 0.615. The number of methoxy groups -OCH3 is 2. The van der Waals surface area contributed by atoms with E-state index in [1.54, 1.807) is 25.6 Å². The molecule has 1 atom stereocenters. The summed E-state index contributed by atoms with van der Waals surface area (Å²) in [5.74, 6) is 7.24. The third kappa shape index (κ3) is 3.52. The van der Waals surface area contributed by atoms with E-state index in [-0.39, 0.29) is 6.04 Å². The summed E-state index contributed by atoms with van der Waals surface area (Å²) < 4.78 is 11.8. The van der Waals surface area contributed by atoms with Crippen molar-refractivity contribution >= 4 is 27.3 Å². The largest absolute Gasteiger partial charge is 0.497 e. The first-order valence-corrected chi connectivity index (χ1v) is 7.71. The van der Waals surface area contributed by atoms with Gasteiger partial charge in [0.1, 0.15) is 11.5 Å². The molecule has 0 saturated heterocycles. The van der Waals surface area contributed by atoms with Gasteiger partial charge in [0, 0.05) is 22.9 Å². The molecule has 108 valence electrons. The molecular formula is C14H17BrN2O2S. The molecule has 4 nitrogen and oxygen atoms in total. The Labute approximate surface area is 131 Å². The highest BCUT2D eigenvalue weighted by Crippen LogP contribution is 2.32. The Bertz CT molecular complexity index is 574. The number of rotatable bonds is 6. The number of hydrogen-bond donors (Lipinski definition) is 2. The maximum absolute atomic E-state index is 5.71. The Morgan fingerprint density at radius 1 is 1.25 bits per heavy atom. The van der Waals surface area contributed by atoms with Gasteiger partial charge in [-0.05, 0) is 34.1 Å². The third-order valence-corrected chi connectivity index (χ3v) is 4.70. The molecule has 0 fully saturated rings. The molecule has 0 bridgehead atoms. The van der Waals surface area contributed by atoms with E-state index in [0.717, 1.165) is 27.3 Å². The minimum absolute atomic E-state index is 0.0126. The van der Waals surface area contributed by atoms with Crippen LogP contribution in [0, 0.1) is 0 Å². The second-order valence-corrected chi connectivity index (χ2v) is 6.78. The highest BCUT2D eigenvalue weighted by molar-refractivity contribution is 9.11. The van der Waals surface area contributed by atoms with Crippen molar-refractivity contribution in [2.45, 2.75) is 12.5 Å². The summed E-state index contributed by atoms with van der Waals surface area (Å²) in [6, 6.07) is 9.87. The lowest BCUT2D eigenvalue weighted by atomic mass is 10.0. The summed E-state index contributed by atoms with van der Waals surface area (Å²) >= 11 is 5.18. The summed E-state index contributed by atoms with van der Waals surface area (Å²) in [5.41, 5.74) is 3.87. The minimum Gasteiger partial charge on any atom is -0.497 e. The van der Waals surface area contributed by atoms with E-state index in [1.165, 1.54) is 4.88 Å². The molecule has 0 radical (unpaired) electrons. The smallest absolute Gasteiger partial charge is 0.127 e. The van der Waals surface area contributed by atoms with Gasteiger partial charge in [0.05, 0.1) is 24.0 Å². The number of hydrogen-bond acceptors (Lipinski definition) is 5. The zero-order chi connectivity index (χ0) is 14.5. The van der Waals surface area contributed by atoms with Gasteiger partial charge in [-0.2, -0.15) is 0 Å². The summed E-state index contributed by atoms with van der Waals surface area (Å²) in [6.45, 7) is 0. The maximum atomic E-state index is 5.71. The highest BCUT2D eigenvalue weighted by Gasteiger charge is 2.17. The number of halogens is 1. The molecule has 0 saturated carbocycles.